The predicted octanol–water partition coefficient (Wildman–Crippen LogP) is -0.529. The van der Waals surface area contributed by atoms with Crippen molar-refractivity contribution in [2.45, 2.75) is 18.9 Å². The highest BCUT2D eigenvalue weighted by molar-refractivity contribution is 7.87. The quantitative estimate of drug-likeness (QED) is 0.594. The molecule has 3 fully saturated rings. The van der Waals surface area contributed by atoms with Gasteiger partial charge >= 0.3 is 0 Å². The molecule has 2 atom stereocenters. The van der Waals surface area contributed by atoms with Crippen molar-refractivity contribution in [3.63, 3.8) is 0 Å². The summed E-state index contributed by atoms with van der Waals surface area (Å²) in [6, 6.07) is 0. The van der Waals surface area contributed by atoms with Gasteiger partial charge < -0.3 is 0 Å². The molecule has 1 spiro atoms. The molecule has 1 aliphatic carbocycles. The summed E-state index contributed by atoms with van der Waals surface area (Å²) < 4.78 is 54.8. The molecular formula is C8H12O6S2. The normalized spacial score (nSPS) is 42.5. The third-order valence-electron chi connectivity index (χ3n) is 3.52. The zero-order valence-electron chi connectivity index (χ0n) is 8.46. The molecule has 2 heterocycles. The molecule has 3 aliphatic rings. The Morgan fingerprint density at radius 3 is 2.25 bits per heavy atom. The van der Waals surface area contributed by atoms with Crippen molar-refractivity contribution in [3.05, 3.63) is 0 Å². The lowest BCUT2D eigenvalue weighted by atomic mass is 9.91. The molecule has 0 radical (unpaired) electrons. The van der Waals surface area contributed by atoms with E-state index in [9.17, 15) is 16.8 Å². The van der Waals surface area contributed by atoms with E-state index in [1.807, 2.05) is 0 Å². The van der Waals surface area contributed by atoms with Gasteiger partial charge in [0.25, 0.3) is 20.2 Å². The van der Waals surface area contributed by atoms with Gasteiger partial charge in [-0.3, -0.25) is 8.37 Å². The molecule has 2 saturated heterocycles. The van der Waals surface area contributed by atoms with Crippen LogP contribution < -0.4 is 0 Å². The zero-order valence-corrected chi connectivity index (χ0v) is 10.1. The fourth-order valence-electron chi connectivity index (χ4n) is 2.62. The maximum Gasteiger partial charge on any atom is 0.268 e. The zero-order chi connectivity index (χ0) is 11.6. The molecule has 1 saturated carbocycles. The van der Waals surface area contributed by atoms with Gasteiger partial charge in [0.1, 0.15) is 0 Å². The Balaban J connectivity index is 1.87. The fourth-order valence-corrected chi connectivity index (χ4v) is 5.80. The maximum absolute atomic E-state index is 11.4. The molecule has 0 aromatic carbocycles. The largest absolute Gasteiger partial charge is 0.270 e. The minimum absolute atomic E-state index is 0.0290. The van der Waals surface area contributed by atoms with Gasteiger partial charge in [0.05, 0.1) is 24.2 Å². The Hall–Kier alpha value is -0.180. The van der Waals surface area contributed by atoms with E-state index >= 15 is 0 Å². The molecule has 0 amide bonds. The molecule has 0 N–H and O–H groups in total. The van der Waals surface area contributed by atoms with Crippen LogP contribution in [0.25, 0.3) is 0 Å². The molecule has 8 heteroatoms. The van der Waals surface area contributed by atoms with E-state index in [4.69, 9.17) is 4.18 Å². The summed E-state index contributed by atoms with van der Waals surface area (Å²) in [7, 11) is -6.93. The lowest BCUT2D eigenvalue weighted by molar-refractivity contribution is 0.102. The molecule has 3 rings (SSSR count). The second-order valence-corrected chi connectivity index (χ2v) is 8.13. The minimum atomic E-state index is -3.47. The van der Waals surface area contributed by atoms with Crippen molar-refractivity contribution in [1.29, 1.82) is 0 Å². The summed E-state index contributed by atoms with van der Waals surface area (Å²) in [5, 5.41) is 0. The van der Waals surface area contributed by atoms with Crippen LogP contribution in [0.2, 0.25) is 0 Å². The van der Waals surface area contributed by atoms with E-state index in [2.05, 4.69) is 4.18 Å². The Morgan fingerprint density at radius 2 is 1.75 bits per heavy atom. The third-order valence-corrected chi connectivity index (χ3v) is 6.28. The van der Waals surface area contributed by atoms with E-state index in [0.29, 0.717) is 0 Å². The average Bonchev–Trinajstić information content (AvgIpc) is 2.70. The molecule has 2 aliphatic heterocycles. The Bertz CT molecular complexity index is 515. The number of hydrogen-bond donors (Lipinski definition) is 0. The van der Waals surface area contributed by atoms with E-state index in [1.165, 1.54) is 0 Å². The van der Waals surface area contributed by atoms with E-state index < -0.39 is 26.3 Å². The standard InChI is InChI=1S/C8H12O6S2/c9-15(10)4-6(3-13-15)7-8(1-2-8)5-16(11,12)14-7/h6-7H,1-5H2. The van der Waals surface area contributed by atoms with E-state index in [-0.39, 0.29) is 29.4 Å². The van der Waals surface area contributed by atoms with Gasteiger partial charge in [0.15, 0.2) is 0 Å². The molecule has 0 aromatic heterocycles. The van der Waals surface area contributed by atoms with Gasteiger partial charge in [-0.15, -0.1) is 0 Å². The molecule has 0 bridgehead atoms. The smallest absolute Gasteiger partial charge is 0.268 e. The van der Waals surface area contributed by atoms with E-state index in [0.717, 1.165) is 12.8 Å². The molecular weight excluding hydrogens is 256 g/mol. The van der Waals surface area contributed by atoms with Crippen molar-refractivity contribution in [2.75, 3.05) is 18.1 Å². The first-order valence-corrected chi connectivity index (χ1v) is 8.26. The van der Waals surface area contributed by atoms with Crippen molar-refractivity contribution in [2.24, 2.45) is 11.3 Å². The summed E-state index contributed by atoms with van der Waals surface area (Å²) in [6.07, 6.45) is 1.09. The van der Waals surface area contributed by atoms with Crippen LogP contribution in [0.1, 0.15) is 12.8 Å². The number of hydrogen-bond acceptors (Lipinski definition) is 6. The van der Waals surface area contributed by atoms with E-state index in [1.54, 1.807) is 0 Å². The molecule has 2 unspecified atom stereocenters. The molecule has 0 aromatic rings. The topological polar surface area (TPSA) is 86.7 Å². The molecule has 6 nitrogen and oxygen atoms in total. The number of rotatable bonds is 1. The van der Waals surface area contributed by atoms with Gasteiger partial charge in [-0.05, 0) is 12.8 Å². The van der Waals surface area contributed by atoms with Crippen molar-refractivity contribution < 1.29 is 25.2 Å². The lowest BCUT2D eigenvalue weighted by Crippen LogP contribution is -2.31. The molecule has 92 valence electrons. The highest BCUT2D eigenvalue weighted by Crippen LogP contribution is 2.57. The first-order valence-electron chi connectivity index (χ1n) is 5.10. The summed E-state index contributed by atoms with van der Waals surface area (Å²) in [5.74, 6) is -0.444. The van der Waals surface area contributed by atoms with Crippen molar-refractivity contribution in [3.8, 4) is 0 Å². The highest BCUT2D eigenvalue weighted by atomic mass is 32.2. The van der Waals surface area contributed by atoms with Gasteiger partial charge in [0.2, 0.25) is 0 Å². The van der Waals surface area contributed by atoms with Gasteiger partial charge in [0, 0.05) is 11.3 Å². The fraction of sp³-hybridized carbons (Fsp3) is 1.00. The van der Waals surface area contributed by atoms with Gasteiger partial charge in [-0.1, -0.05) is 0 Å². The Kier molecular flexibility index (Phi) is 2.04. The summed E-state index contributed by atoms with van der Waals surface area (Å²) in [5.41, 5.74) is -0.327. The van der Waals surface area contributed by atoms with Crippen molar-refractivity contribution >= 4 is 20.2 Å². The van der Waals surface area contributed by atoms with Crippen molar-refractivity contribution in [1.82, 2.24) is 0 Å². The monoisotopic (exact) mass is 268 g/mol. The summed E-state index contributed by atoms with van der Waals surface area (Å²) >= 11 is 0. The Labute approximate surface area is 94.2 Å². The van der Waals surface area contributed by atoms with Crippen LogP contribution in [-0.4, -0.2) is 41.1 Å². The first-order chi connectivity index (χ1) is 7.32. The maximum atomic E-state index is 11.4. The van der Waals surface area contributed by atoms with Crippen LogP contribution in [0.15, 0.2) is 0 Å². The third kappa shape index (κ3) is 1.68. The Morgan fingerprint density at radius 1 is 1.06 bits per heavy atom. The van der Waals surface area contributed by atoms with Crippen LogP contribution in [0.3, 0.4) is 0 Å². The van der Waals surface area contributed by atoms with Crippen LogP contribution in [0.4, 0.5) is 0 Å². The first kappa shape index (κ1) is 10.9. The minimum Gasteiger partial charge on any atom is -0.270 e. The van der Waals surface area contributed by atoms with Gasteiger partial charge in [-0.2, -0.15) is 16.8 Å². The van der Waals surface area contributed by atoms with Crippen LogP contribution in [0.5, 0.6) is 0 Å². The lowest BCUT2D eigenvalue weighted by Gasteiger charge is -2.19. The second kappa shape index (κ2) is 2.98. The molecule has 16 heavy (non-hydrogen) atoms. The van der Waals surface area contributed by atoms with Crippen LogP contribution in [-0.2, 0) is 28.6 Å². The second-order valence-electron chi connectivity index (χ2n) is 4.85. The average molecular weight is 268 g/mol. The van der Waals surface area contributed by atoms with Gasteiger partial charge in [-0.25, -0.2) is 0 Å². The van der Waals surface area contributed by atoms with Crippen LogP contribution >= 0.6 is 0 Å². The predicted molar refractivity (Wildman–Crippen MR) is 53.6 cm³/mol. The highest BCUT2D eigenvalue weighted by Gasteiger charge is 2.62. The van der Waals surface area contributed by atoms with Crippen LogP contribution in [0, 0.1) is 11.3 Å². The summed E-state index contributed by atoms with van der Waals surface area (Å²) in [4.78, 5) is 0. The SMILES string of the molecule is O=S1(=O)CC(C2OS(=O)(=O)CC23CC3)CO1. The summed E-state index contributed by atoms with van der Waals surface area (Å²) in [6.45, 7) is 0.0459.